The minimum Gasteiger partial charge on any atom is -0.457 e. The molecule has 3 fully saturated rings. The number of rotatable bonds is 0. The number of esters is 1. The molecule has 15 heavy (non-hydrogen) atoms. The van der Waals surface area contributed by atoms with Gasteiger partial charge in [0, 0.05) is 12.8 Å². The number of fused-ring (bicyclic) bond motifs is 4. The van der Waals surface area contributed by atoms with Crippen molar-refractivity contribution in [1.29, 1.82) is 0 Å². The molecular formula is C10H14O5. The van der Waals surface area contributed by atoms with Crippen LogP contribution in [0.15, 0.2) is 0 Å². The monoisotopic (exact) mass is 214 g/mol. The van der Waals surface area contributed by atoms with Crippen molar-refractivity contribution >= 4 is 5.97 Å². The fourth-order valence-electron chi connectivity index (χ4n) is 2.72. The number of hydrogen-bond donors (Lipinski definition) is 1. The van der Waals surface area contributed by atoms with E-state index in [0.717, 1.165) is 0 Å². The fraction of sp³-hybridized carbons (Fsp3) is 0.900. The third kappa shape index (κ3) is 1.23. The predicted octanol–water partition coefficient (Wildman–Crippen LogP) is -0.0432. The summed E-state index contributed by atoms with van der Waals surface area (Å²) in [5, 5.41) is 10.00. The Bertz CT molecular complexity index is 326. The van der Waals surface area contributed by atoms with Gasteiger partial charge in [0.15, 0.2) is 11.4 Å². The molecule has 84 valence electrons. The Labute approximate surface area is 87.3 Å². The minimum absolute atomic E-state index is 0.230. The van der Waals surface area contributed by atoms with Gasteiger partial charge in [-0.15, -0.1) is 0 Å². The Kier molecular flexibility index (Phi) is 1.62. The molecule has 5 nitrogen and oxygen atoms in total. The van der Waals surface area contributed by atoms with Crippen molar-refractivity contribution in [3.8, 4) is 0 Å². The molecule has 1 saturated carbocycles. The lowest BCUT2D eigenvalue weighted by molar-refractivity contribution is -0.171. The fourth-order valence-corrected chi connectivity index (χ4v) is 2.72. The van der Waals surface area contributed by atoms with Crippen LogP contribution in [0.3, 0.4) is 0 Å². The maximum Gasteiger partial charge on any atom is 0.338 e. The smallest absolute Gasteiger partial charge is 0.338 e. The molecule has 2 aliphatic heterocycles. The normalized spacial score (nSPS) is 51.4. The van der Waals surface area contributed by atoms with Crippen LogP contribution in [0.5, 0.6) is 0 Å². The Morgan fingerprint density at radius 2 is 1.93 bits per heavy atom. The first-order chi connectivity index (χ1) is 6.90. The van der Waals surface area contributed by atoms with E-state index < -0.39 is 17.4 Å². The van der Waals surface area contributed by atoms with Gasteiger partial charge < -0.3 is 19.3 Å². The molecule has 0 spiro atoms. The van der Waals surface area contributed by atoms with Crippen molar-refractivity contribution < 1.29 is 24.1 Å². The molecule has 0 amide bonds. The lowest BCUT2D eigenvalue weighted by atomic mass is 9.82. The first-order valence-electron chi connectivity index (χ1n) is 5.19. The van der Waals surface area contributed by atoms with Gasteiger partial charge in [0.25, 0.3) is 0 Å². The summed E-state index contributed by atoms with van der Waals surface area (Å²) < 4.78 is 16.4. The Hall–Kier alpha value is -0.650. The SMILES string of the molecule is CC1(C)OC2[C@@H]3C[C@@](O)(C[C@H]2O1)C(=O)O3. The van der Waals surface area contributed by atoms with Gasteiger partial charge in [-0.3, -0.25) is 0 Å². The third-order valence-electron chi connectivity index (χ3n) is 3.30. The maximum atomic E-state index is 11.4. The average molecular weight is 214 g/mol. The van der Waals surface area contributed by atoms with E-state index in [1.807, 2.05) is 13.8 Å². The zero-order valence-corrected chi connectivity index (χ0v) is 8.73. The molecular weight excluding hydrogens is 200 g/mol. The number of carbonyl (C=O) groups is 1. The van der Waals surface area contributed by atoms with Gasteiger partial charge >= 0.3 is 5.97 Å². The van der Waals surface area contributed by atoms with E-state index >= 15 is 0 Å². The highest BCUT2D eigenvalue weighted by molar-refractivity contribution is 5.82. The first kappa shape index (κ1) is 9.57. The summed E-state index contributed by atoms with van der Waals surface area (Å²) in [5.41, 5.74) is -1.35. The highest BCUT2D eigenvalue weighted by Crippen LogP contribution is 2.46. The molecule has 2 saturated heterocycles. The summed E-state index contributed by atoms with van der Waals surface area (Å²) in [7, 11) is 0. The van der Waals surface area contributed by atoms with Crippen molar-refractivity contribution in [2.24, 2.45) is 0 Å². The molecule has 1 unspecified atom stereocenters. The highest BCUT2D eigenvalue weighted by atomic mass is 16.8. The van der Waals surface area contributed by atoms with Crippen LogP contribution in [-0.4, -0.2) is 40.8 Å². The maximum absolute atomic E-state index is 11.4. The Morgan fingerprint density at radius 3 is 2.67 bits per heavy atom. The number of carbonyl (C=O) groups excluding carboxylic acids is 1. The number of hydrogen-bond acceptors (Lipinski definition) is 5. The van der Waals surface area contributed by atoms with E-state index in [1.165, 1.54) is 0 Å². The standard InChI is InChI=1S/C10H14O5/c1-9(2)14-6-4-10(12)3-5(7(6)15-9)13-8(10)11/h5-7,12H,3-4H2,1-2H3/t5-,6+,7?,10+/m0/s1. The van der Waals surface area contributed by atoms with Crippen LogP contribution in [0.4, 0.5) is 0 Å². The molecule has 3 rings (SSSR count). The largest absolute Gasteiger partial charge is 0.457 e. The first-order valence-corrected chi connectivity index (χ1v) is 5.19. The van der Waals surface area contributed by atoms with Crippen LogP contribution in [0.2, 0.25) is 0 Å². The molecule has 3 aliphatic rings. The van der Waals surface area contributed by atoms with Crippen LogP contribution in [0, 0.1) is 0 Å². The van der Waals surface area contributed by atoms with Gasteiger partial charge in [0.2, 0.25) is 0 Å². The molecule has 1 N–H and O–H groups in total. The molecule has 1 aliphatic carbocycles. The van der Waals surface area contributed by atoms with Crippen LogP contribution in [-0.2, 0) is 19.0 Å². The van der Waals surface area contributed by atoms with Crippen LogP contribution < -0.4 is 0 Å². The van der Waals surface area contributed by atoms with Gasteiger partial charge in [-0.25, -0.2) is 4.79 Å². The highest BCUT2D eigenvalue weighted by Gasteiger charge is 2.62. The molecule has 0 aromatic carbocycles. The van der Waals surface area contributed by atoms with Crippen molar-refractivity contribution in [2.75, 3.05) is 0 Å². The summed E-state index contributed by atoms with van der Waals surface area (Å²) in [6.07, 6.45) is -0.229. The lowest BCUT2D eigenvalue weighted by Gasteiger charge is -2.29. The zero-order chi connectivity index (χ0) is 10.8. The van der Waals surface area contributed by atoms with E-state index in [0.29, 0.717) is 6.42 Å². The molecule has 4 atom stereocenters. The zero-order valence-electron chi connectivity index (χ0n) is 8.73. The quantitative estimate of drug-likeness (QED) is 0.573. The van der Waals surface area contributed by atoms with E-state index in [2.05, 4.69) is 0 Å². The number of ether oxygens (including phenoxy) is 3. The topological polar surface area (TPSA) is 65.0 Å². The molecule has 5 heteroatoms. The third-order valence-corrected chi connectivity index (χ3v) is 3.30. The van der Waals surface area contributed by atoms with Gasteiger partial charge in [-0.2, -0.15) is 0 Å². The van der Waals surface area contributed by atoms with Crippen LogP contribution >= 0.6 is 0 Å². The van der Waals surface area contributed by atoms with E-state index in [1.54, 1.807) is 0 Å². The van der Waals surface area contributed by atoms with E-state index in [-0.39, 0.29) is 24.7 Å². The van der Waals surface area contributed by atoms with Crippen molar-refractivity contribution in [3.05, 3.63) is 0 Å². The molecule has 2 heterocycles. The summed E-state index contributed by atoms with van der Waals surface area (Å²) in [5.74, 6) is -1.19. The van der Waals surface area contributed by atoms with Gasteiger partial charge in [-0.05, 0) is 13.8 Å². The van der Waals surface area contributed by atoms with Crippen LogP contribution in [0.1, 0.15) is 26.7 Å². The van der Waals surface area contributed by atoms with E-state index in [9.17, 15) is 9.90 Å². The van der Waals surface area contributed by atoms with Crippen molar-refractivity contribution in [3.63, 3.8) is 0 Å². The summed E-state index contributed by atoms with van der Waals surface area (Å²) in [6.45, 7) is 3.65. The Balaban J connectivity index is 1.90. The van der Waals surface area contributed by atoms with Crippen LogP contribution in [0.25, 0.3) is 0 Å². The Morgan fingerprint density at radius 1 is 1.27 bits per heavy atom. The van der Waals surface area contributed by atoms with E-state index in [4.69, 9.17) is 14.2 Å². The number of aliphatic hydroxyl groups is 1. The summed E-state index contributed by atoms with van der Waals surface area (Å²) >= 11 is 0. The summed E-state index contributed by atoms with van der Waals surface area (Å²) in [6, 6.07) is 0. The second-order valence-electron chi connectivity index (χ2n) is 5.02. The predicted molar refractivity (Wildman–Crippen MR) is 47.9 cm³/mol. The molecule has 0 aromatic rings. The van der Waals surface area contributed by atoms with Crippen molar-refractivity contribution in [1.82, 2.24) is 0 Å². The second-order valence-corrected chi connectivity index (χ2v) is 5.02. The van der Waals surface area contributed by atoms with Gasteiger partial charge in [0.05, 0.1) is 6.10 Å². The van der Waals surface area contributed by atoms with Gasteiger partial charge in [-0.1, -0.05) is 0 Å². The molecule has 0 aromatic heterocycles. The second kappa shape index (κ2) is 2.53. The molecule has 2 bridgehead atoms. The minimum atomic E-state index is -1.35. The summed E-state index contributed by atoms with van der Waals surface area (Å²) in [4.78, 5) is 11.4. The van der Waals surface area contributed by atoms with Crippen molar-refractivity contribution in [2.45, 2.75) is 56.4 Å². The molecule has 0 radical (unpaired) electrons. The van der Waals surface area contributed by atoms with Gasteiger partial charge in [0.1, 0.15) is 12.2 Å². The average Bonchev–Trinajstić information content (AvgIpc) is 2.50. The lowest BCUT2D eigenvalue weighted by Crippen LogP contribution is -2.47.